The maximum atomic E-state index is 13.6. The largest absolute Gasteiger partial charge is 0.493 e. The fourth-order valence-electron chi connectivity index (χ4n) is 3.40. The first-order chi connectivity index (χ1) is 14.6. The predicted molar refractivity (Wildman–Crippen MR) is 126 cm³/mol. The van der Waals surface area contributed by atoms with E-state index in [0.717, 1.165) is 16.3 Å². The van der Waals surface area contributed by atoms with Crippen LogP contribution in [0, 0.1) is 0 Å². The lowest BCUT2D eigenvalue weighted by molar-refractivity contribution is 0.0858. The highest BCUT2D eigenvalue weighted by atomic mass is 35.5. The Balaban J connectivity index is 1.61. The van der Waals surface area contributed by atoms with Crippen LogP contribution in [-0.4, -0.2) is 35.7 Å². The lowest BCUT2D eigenvalue weighted by atomic mass is 10.0. The molecule has 0 N–H and O–H groups in total. The maximum Gasteiger partial charge on any atom is 0.264 e. The van der Waals surface area contributed by atoms with Gasteiger partial charge in [-0.2, -0.15) is 0 Å². The van der Waals surface area contributed by atoms with Gasteiger partial charge in [0.15, 0.2) is 5.17 Å². The van der Waals surface area contributed by atoms with Gasteiger partial charge in [0.05, 0.1) is 18.7 Å². The third kappa shape index (κ3) is 4.29. The SMILES string of the molecule is CCOc1ccc2ccccc2c1C(=O)N1CCN=C1SCc1ccc(Cl)cc1Cl. The van der Waals surface area contributed by atoms with E-state index in [1.54, 1.807) is 11.0 Å². The van der Waals surface area contributed by atoms with Crippen LogP contribution in [0.4, 0.5) is 0 Å². The molecule has 1 aliphatic heterocycles. The van der Waals surface area contributed by atoms with Gasteiger partial charge in [-0.15, -0.1) is 0 Å². The second-order valence-electron chi connectivity index (χ2n) is 6.74. The van der Waals surface area contributed by atoms with Crippen molar-refractivity contribution in [3.63, 3.8) is 0 Å². The van der Waals surface area contributed by atoms with E-state index in [1.165, 1.54) is 11.8 Å². The number of hydrogen-bond donors (Lipinski definition) is 0. The standard InChI is InChI=1S/C23H20Cl2N2O2S/c1-2-29-20-10-8-15-5-3-4-6-18(15)21(20)22(28)27-12-11-26-23(27)30-14-16-7-9-17(24)13-19(16)25/h3-10,13H,2,11-12,14H2,1H3. The van der Waals surface area contributed by atoms with Crippen molar-refractivity contribution in [1.29, 1.82) is 0 Å². The van der Waals surface area contributed by atoms with E-state index < -0.39 is 0 Å². The first kappa shape index (κ1) is 21.0. The van der Waals surface area contributed by atoms with E-state index in [2.05, 4.69) is 4.99 Å². The van der Waals surface area contributed by atoms with E-state index in [-0.39, 0.29) is 5.91 Å². The van der Waals surface area contributed by atoms with E-state index in [0.29, 0.717) is 52.0 Å². The van der Waals surface area contributed by atoms with Crippen LogP contribution in [0.1, 0.15) is 22.8 Å². The van der Waals surface area contributed by atoms with Gasteiger partial charge in [-0.05, 0) is 41.5 Å². The van der Waals surface area contributed by atoms with Crippen LogP contribution in [0.25, 0.3) is 10.8 Å². The van der Waals surface area contributed by atoms with Gasteiger partial charge in [-0.3, -0.25) is 14.7 Å². The Morgan fingerprint density at radius 1 is 1.17 bits per heavy atom. The molecule has 4 nitrogen and oxygen atoms in total. The molecule has 0 radical (unpaired) electrons. The van der Waals surface area contributed by atoms with Crippen molar-refractivity contribution >= 4 is 56.8 Å². The smallest absolute Gasteiger partial charge is 0.264 e. The predicted octanol–water partition coefficient (Wildman–Crippen LogP) is 6.29. The van der Waals surface area contributed by atoms with Crippen LogP contribution in [-0.2, 0) is 5.75 Å². The Labute approximate surface area is 189 Å². The molecule has 4 rings (SSSR count). The average Bonchev–Trinajstić information content (AvgIpc) is 3.21. The van der Waals surface area contributed by atoms with Crippen LogP contribution < -0.4 is 4.74 Å². The van der Waals surface area contributed by atoms with Crippen molar-refractivity contribution in [3.05, 3.63) is 75.8 Å². The molecular formula is C23H20Cl2N2O2S. The Hall–Kier alpha value is -2.21. The fraction of sp³-hybridized carbons (Fsp3) is 0.217. The zero-order valence-corrected chi connectivity index (χ0v) is 18.7. The molecule has 154 valence electrons. The van der Waals surface area contributed by atoms with Crippen molar-refractivity contribution in [1.82, 2.24) is 4.90 Å². The molecular weight excluding hydrogens is 439 g/mol. The van der Waals surface area contributed by atoms with E-state index >= 15 is 0 Å². The second kappa shape index (κ2) is 9.29. The molecule has 0 saturated heterocycles. The molecule has 1 aliphatic rings. The van der Waals surface area contributed by atoms with Gasteiger partial charge in [0.2, 0.25) is 0 Å². The molecule has 3 aromatic rings. The molecule has 30 heavy (non-hydrogen) atoms. The van der Waals surface area contributed by atoms with Crippen LogP contribution >= 0.6 is 35.0 Å². The third-order valence-electron chi connectivity index (χ3n) is 4.82. The topological polar surface area (TPSA) is 41.9 Å². The lowest BCUT2D eigenvalue weighted by Gasteiger charge is -2.21. The number of carbonyl (C=O) groups is 1. The molecule has 0 unspecified atom stereocenters. The number of benzene rings is 3. The Bertz CT molecular complexity index is 1130. The average molecular weight is 459 g/mol. The summed E-state index contributed by atoms with van der Waals surface area (Å²) in [5.74, 6) is 1.10. The minimum atomic E-state index is -0.0961. The summed E-state index contributed by atoms with van der Waals surface area (Å²) in [4.78, 5) is 19.9. The summed E-state index contributed by atoms with van der Waals surface area (Å²) in [6, 6.07) is 17.1. The zero-order chi connectivity index (χ0) is 21.1. The Morgan fingerprint density at radius 3 is 2.80 bits per heavy atom. The van der Waals surface area contributed by atoms with Gasteiger partial charge >= 0.3 is 0 Å². The molecule has 0 spiro atoms. The van der Waals surface area contributed by atoms with E-state index in [1.807, 2.05) is 55.5 Å². The van der Waals surface area contributed by atoms with Gasteiger partial charge in [-0.1, -0.05) is 71.4 Å². The highest BCUT2D eigenvalue weighted by Gasteiger charge is 2.29. The van der Waals surface area contributed by atoms with Gasteiger partial charge in [-0.25, -0.2) is 0 Å². The molecule has 0 saturated carbocycles. The summed E-state index contributed by atoms with van der Waals surface area (Å²) in [7, 11) is 0. The number of ether oxygens (including phenoxy) is 1. The number of aliphatic imine (C=N–C) groups is 1. The van der Waals surface area contributed by atoms with Crippen molar-refractivity contribution in [2.45, 2.75) is 12.7 Å². The summed E-state index contributed by atoms with van der Waals surface area (Å²) >= 11 is 13.8. The van der Waals surface area contributed by atoms with Gasteiger partial charge in [0.25, 0.3) is 5.91 Å². The zero-order valence-electron chi connectivity index (χ0n) is 16.4. The molecule has 0 aromatic heterocycles. The summed E-state index contributed by atoms with van der Waals surface area (Å²) < 4.78 is 5.79. The monoisotopic (exact) mass is 458 g/mol. The van der Waals surface area contributed by atoms with E-state index in [4.69, 9.17) is 27.9 Å². The molecule has 3 aromatic carbocycles. The number of hydrogen-bond acceptors (Lipinski definition) is 4. The summed E-state index contributed by atoms with van der Waals surface area (Å²) in [6.45, 7) is 3.53. The first-order valence-electron chi connectivity index (χ1n) is 9.66. The molecule has 0 bridgehead atoms. The first-order valence-corrected chi connectivity index (χ1v) is 11.4. The second-order valence-corrected chi connectivity index (χ2v) is 8.52. The number of nitrogens with zero attached hydrogens (tertiary/aromatic N) is 2. The highest BCUT2D eigenvalue weighted by molar-refractivity contribution is 8.13. The summed E-state index contributed by atoms with van der Waals surface area (Å²) in [5, 5.41) is 3.79. The van der Waals surface area contributed by atoms with E-state index in [9.17, 15) is 4.79 Å². The molecule has 1 amide bonds. The van der Waals surface area contributed by atoms with Crippen LogP contribution in [0.15, 0.2) is 59.6 Å². The number of carbonyl (C=O) groups excluding carboxylic acids is 1. The number of halogens is 2. The third-order valence-corrected chi connectivity index (χ3v) is 6.47. The van der Waals surface area contributed by atoms with Gasteiger partial charge in [0, 0.05) is 22.3 Å². The van der Waals surface area contributed by atoms with Gasteiger partial charge in [0.1, 0.15) is 5.75 Å². The number of thioether (sulfide) groups is 1. The molecule has 0 aliphatic carbocycles. The van der Waals surface area contributed by atoms with Gasteiger partial charge < -0.3 is 4.74 Å². The minimum Gasteiger partial charge on any atom is -0.493 e. The summed E-state index contributed by atoms with van der Waals surface area (Å²) in [5.41, 5.74) is 1.53. The lowest BCUT2D eigenvalue weighted by Crippen LogP contribution is -2.33. The number of fused-ring (bicyclic) bond motifs is 1. The van der Waals surface area contributed by atoms with Crippen molar-refractivity contribution < 1.29 is 9.53 Å². The normalized spacial score (nSPS) is 13.6. The Morgan fingerprint density at radius 2 is 2.00 bits per heavy atom. The minimum absolute atomic E-state index is 0.0961. The molecule has 0 fully saturated rings. The van der Waals surface area contributed by atoms with Crippen molar-refractivity contribution in [2.75, 3.05) is 19.7 Å². The number of amidine groups is 1. The molecule has 0 atom stereocenters. The van der Waals surface area contributed by atoms with Crippen LogP contribution in [0.2, 0.25) is 10.0 Å². The maximum absolute atomic E-state index is 13.6. The molecule has 7 heteroatoms. The number of rotatable bonds is 5. The Kier molecular flexibility index (Phi) is 6.52. The fourth-order valence-corrected chi connectivity index (χ4v) is 5.01. The highest BCUT2D eigenvalue weighted by Crippen LogP contribution is 2.32. The van der Waals surface area contributed by atoms with Crippen LogP contribution in [0.5, 0.6) is 5.75 Å². The van der Waals surface area contributed by atoms with Crippen molar-refractivity contribution in [3.8, 4) is 5.75 Å². The molecule has 1 heterocycles. The van der Waals surface area contributed by atoms with Crippen LogP contribution in [0.3, 0.4) is 0 Å². The van der Waals surface area contributed by atoms with Crippen molar-refractivity contribution in [2.24, 2.45) is 4.99 Å². The quantitative estimate of drug-likeness (QED) is 0.450. The summed E-state index contributed by atoms with van der Waals surface area (Å²) in [6.07, 6.45) is 0. The number of amides is 1.